The molecule has 0 radical (unpaired) electrons. The van der Waals surface area contributed by atoms with Crippen LogP contribution in [0.2, 0.25) is 0 Å². The Bertz CT molecular complexity index is 1080. The minimum Gasteiger partial charge on any atom is -0.384 e. The number of aliphatic hydroxyl groups is 1. The van der Waals surface area contributed by atoms with Crippen LogP contribution in [0.25, 0.3) is 0 Å². The quantitative estimate of drug-likeness (QED) is 0.293. The van der Waals surface area contributed by atoms with E-state index in [1.165, 1.54) is 4.90 Å². The van der Waals surface area contributed by atoms with Gasteiger partial charge in [0.05, 0.1) is 6.61 Å². The smallest absolute Gasteiger partial charge is 0.259 e. The van der Waals surface area contributed by atoms with Crippen molar-refractivity contribution in [2.45, 2.75) is 31.5 Å². The summed E-state index contributed by atoms with van der Waals surface area (Å²) in [5.74, 6) is -0.961. The second-order valence-corrected chi connectivity index (χ2v) is 8.45. The number of nitrogens with zero attached hydrogens (tertiary/aromatic N) is 1. The molecule has 178 valence electrons. The lowest BCUT2D eigenvalue weighted by Crippen LogP contribution is -2.55. The van der Waals surface area contributed by atoms with Crippen molar-refractivity contribution in [3.05, 3.63) is 54.1 Å². The Morgan fingerprint density at radius 3 is 2.32 bits per heavy atom. The van der Waals surface area contributed by atoms with Gasteiger partial charge in [-0.1, -0.05) is 0 Å². The number of benzene rings is 2. The van der Waals surface area contributed by atoms with Gasteiger partial charge >= 0.3 is 0 Å². The van der Waals surface area contributed by atoms with Crippen LogP contribution in [0.5, 0.6) is 0 Å². The van der Waals surface area contributed by atoms with E-state index in [1.807, 2.05) is 0 Å². The number of hydrogen-bond acceptors (Lipinski definition) is 6. The maximum Gasteiger partial charge on any atom is 0.259 e. The fraction of sp³-hybridized carbons (Fsp3) is 0.333. The standard InChI is InChI=1S/C24H27N5O5/c25-22(26)15-3-5-17(6-4-15)28-23(32)20(31)21-24(33)29(11-12-34-21)18-9-7-16(8-10-18)27-19(30)13-14-1-2-14/h3-10,14,20-21,31H,1-2,11-13H2,(H3,25,26)(H,27,30)(H,28,32)/t20-,21-/m1/s1. The van der Waals surface area contributed by atoms with E-state index in [2.05, 4.69) is 10.6 Å². The minimum atomic E-state index is -1.72. The Kier molecular flexibility index (Phi) is 6.90. The first-order chi connectivity index (χ1) is 16.3. The molecule has 0 aromatic heterocycles. The van der Waals surface area contributed by atoms with Crippen LogP contribution in [-0.4, -0.2) is 54.0 Å². The van der Waals surface area contributed by atoms with Crippen molar-refractivity contribution in [1.29, 1.82) is 5.41 Å². The van der Waals surface area contributed by atoms with Gasteiger partial charge in [-0.25, -0.2) is 0 Å². The van der Waals surface area contributed by atoms with E-state index in [0.29, 0.717) is 35.0 Å². The van der Waals surface area contributed by atoms with E-state index in [-0.39, 0.29) is 24.9 Å². The summed E-state index contributed by atoms with van der Waals surface area (Å²) in [6, 6.07) is 13.0. The van der Waals surface area contributed by atoms with Gasteiger partial charge in [-0.15, -0.1) is 0 Å². The topological polar surface area (TPSA) is 158 Å². The molecule has 1 saturated carbocycles. The van der Waals surface area contributed by atoms with Crippen molar-refractivity contribution in [2.24, 2.45) is 11.7 Å². The molecule has 4 rings (SSSR count). The number of nitrogen functional groups attached to an aromatic ring is 1. The highest BCUT2D eigenvalue weighted by Crippen LogP contribution is 2.32. The molecule has 2 aromatic rings. The fourth-order valence-electron chi connectivity index (χ4n) is 3.70. The zero-order chi connectivity index (χ0) is 24.2. The average Bonchev–Trinajstić information content (AvgIpc) is 3.63. The summed E-state index contributed by atoms with van der Waals surface area (Å²) in [6.07, 6.45) is -0.357. The van der Waals surface area contributed by atoms with Crippen LogP contribution in [0.15, 0.2) is 48.5 Å². The van der Waals surface area contributed by atoms with Crippen LogP contribution in [0.3, 0.4) is 0 Å². The molecule has 1 aliphatic carbocycles. The first-order valence-electron chi connectivity index (χ1n) is 11.1. The Morgan fingerprint density at radius 1 is 1.09 bits per heavy atom. The molecule has 10 nitrogen and oxygen atoms in total. The molecule has 1 heterocycles. The number of nitrogens with one attached hydrogen (secondary N) is 3. The van der Waals surface area contributed by atoms with E-state index < -0.39 is 24.0 Å². The second kappa shape index (κ2) is 10.0. The van der Waals surface area contributed by atoms with Gasteiger partial charge in [0, 0.05) is 35.6 Å². The number of carbonyl (C=O) groups is 3. The molecule has 3 amide bonds. The molecule has 2 aromatic carbocycles. The third-order valence-corrected chi connectivity index (χ3v) is 5.77. The molecule has 2 atom stereocenters. The molecule has 0 spiro atoms. The van der Waals surface area contributed by atoms with Gasteiger partial charge in [0.1, 0.15) is 5.84 Å². The molecule has 6 N–H and O–H groups in total. The molecule has 1 aliphatic heterocycles. The third-order valence-electron chi connectivity index (χ3n) is 5.77. The zero-order valence-corrected chi connectivity index (χ0v) is 18.5. The summed E-state index contributed by atoms with van der Waals surface area (Å²) in [5.41, 5.74) is 7.51. The van der Waals surface area contributed by atoms with Crippen molar-refractivity contribution in [2.75, 3.05) is 28.7 Å². The molecule has 0 bridgehead atoms. The number of hydrogen-bond donors (Lipinski definition) is 5. The van der Waals surface area contributed by atoms with E-state index >= 15 is 0 Å². The molecule has 10 heteroatoms. The highest BCUT2D eigenvalue weighted by Gasteiger charge is 2.39. The van der Waals surface area contributed by atoms with Gasteiger partial charge in [-0.3, -0.25) is 19.8 Å². The largest absolute Gasteiger partial charge is 0.384 e. The summed E-state index contributed by atoms with van der Waals surface area (Å²) in [4.78, 5) is 39.0. The number of amidine groups is 1. The predicted molar refractivity (Wildman–Crippen MR) is 127 cm³/mol. The summed E-state index contributed by atoms with van der Waals surface area (Å²) in [5, 5.41) is 23.3. The summed E-state index contributed by atoms with van der Waals surface area (Å²) >= 11 is 0. The zero-order valence-electron chi connectivity index (χ0n) is 18.5. The summed E-state index contributed by atoms with van der Waals surface area (Å²) in [6.45, 7) is 0.414. The van der Waals surface area contributed by atoms with E-state index in [4.69, 9.17) is 15.9 Å². The number of nitrogens with two attached hydrogens (primary N) is 1. The van der Waals surface area contributed by atoms with E-state index in [0.717, 1.165) is 12.8 Å². The van der Waals surface area contributed by atoms with Gasteiger partial charge in [0.25, 0.3) is 11.8 Å². The molecule has 0 unspecified atom stereocenters. The number of aliphatic hydroxyl groups excluding tert-OH is 1. The first-order valence-corrected chi connectivity index (χ1v) is 11.1. The van der Waals surface area contributed by atoms with Crippen molar-refractivity contribution in [3.8, 4) is 0 Å². The molecular formula is C24H27N5O5. The normalized spacial score (nSPS) is 18.8. The Hall–Kier alpha value is -3.76. The number of ether oxygens (including phenoxy) is 1. The van der Waals surface area contributed by atoms with Crippen LogP contribution >= 0.6 is 0 Å². The van der Waals surface area contributed by atoms with Gasteiger partial charge in [-0.2, -0.15) is 0 Å². The van der Waals surface area contributed by atoms with Crippen molar-refractivity contribution < 1.29 is 24.2 Å². The molecule has 1 saturated heterocycles. The SMILES string of the molecule is N=C(N)c1ccc(NC(=O)[C@H](O)[C@H]2OCCN(c3ccc(NC(=O)CC4CC4)cc3)C2=O)cc1. The Balaban J connectivity index is 1.37. The van der Waals surface area contributed by atoms with E-state index in [1.54, 1.807) is 48.5 Å². The fourth-order valence-corrected chi connectivity index (χ4v) is 3.70. The number of morpholine rings is 1. The highest BCUT2D eigenvalue weighted by molar-refractivity contribution is 6.04. The van der Waals surface area contributed by atoms with Gasteiger partial charge in [0.15, 0.2) is 12.2 Å². The summed E-state index contributed by atoms with van der Waals surface area (Å²) < 4.78 is 5.43. The maximum atomic E-state index is 13.0. The van der Waals surface area contributed by atoms with Crippen LogP contribution in [0.4, 0.5) is 17.1 Å². The van der Waals surface area contributed by atoms with E-state index in [9.17, 15) is 19.5 Å². The number of carbonyl (C=O) groups excluding carboxylic acids is 3. The molecule has 34 heavy (non-hydrogen) atoms. The number of rotatable bonds is 8. The lowest BCUT2D eigenvalue weighted by Gasteiger charge is -2.34. The third kappa shape index (κ3) is 5.59. The molecular weight excluding hydrogens is 438 g/mol. The monoisotopic (exact) mass is 465 g/mol. The van der Waals surface area contributed by atoms with Crippen LogP contribution in [-0.2, 0) is 19.1 Å². The average molecular weight is 466 g/mol. The van der Waals surface area contributed by atoms with Crippen molar-refractivity contribution >= 4 is 40.6 Å². The van der Waals surface area contributed by atoms with Crippen molar-refractivity contribution in [1.82, 2.24) is 0 Å². The maximum absolute atomic E-state index is 13.0. The van der Waals surface area contributed by atoms with Crippen LogP contribution < -0.4 is 21.3 Å². The Morgan fingerprint density at radius 2 is 1.71 bits per heavy atom. The molecule has 2 aliphatic rings. The van der Waals surface area contributed by atoms with Crippen molar-refractivity contribution in [3.63, 3.8) is 0 Å². The molecule has 2 fully saturated rings. The lowest BCUT2D eigenvalue weighted by atomic mass is 10.1. The number of anilines is 3. The van der Waals surface area contributed by atoms with Gasteiger partial charge < -0.3 is 31.1 Å². The van der Waals surface area contributed by atoms with Gasteiger partial charge in [0.2, 0.25) is 5.91 Å². The number of amides is 3. The highest BCUT2D eigenvalue weighted by atomic mass is 16.5. The summed E-state index contributed by atoms with van der Waals surface area (Å²) in [7, 11) is 0. The second-order valence-electron chi connectivity index (χ2n) is 8.45. The predicted octanol–water partition coefficient (Wildman–Crippen LogP) is 1.44. The van der Waals surface area contributed by atoms with Crippen LogP contribution in [0, 0.1) is 11.3 Å². The first kappa shape index (κ1) is 23.4. The van der Waals surface area contributed by atoms with Crippen LogP contribution in [0.1, 0.15) is 24.8 Å². The lowest BCUT2D eigenvalue weighted by molar-refractivity contribution is -0.150. The minimum absolute atomic E-state index is 0.0252. The Labute approximate surface area is 196 Å². The van der Waals surface area contributed by atoms with Gasteiger partial charge in [-0.05, 0) is 67.3 Å².